The lowest BCUT2D eigenvalue weighted by Gasteiger charge is -2.30. The first-order valence-corrected chi connectivity index (χ1v) is 9.67. The molecule has 26 heavy (non-hydrogen) atoms. The Morgan fingerprint density at radius 2 is 2.08 bits per heavy atom. The lowest BCUT2D eigenvalue weighted by atomic mass is 9.97. The SMILES string of the molecule is O=C(O)Cn1cc(CCN2CCC(c3nc4ccccc4s3)CC2)nn1. The number of carboxylic acid groups (broad SMARTS) is 1. The summed E-state index contributed by atoms with van der Waals surface area (Å²) < 4.78 is 2.64. The van der Waals surface area contributed by atoms with Gasteiger partial charge in [-0.15, -0.1) is 16.4 Å². The van der Waals surface area contributed by atoms with Crippen LogP contribution >= 0.6 is 11.3 Å². The predicted octanol–water partition coefficient (Wildman–Crippen LogP) is 2.39. The molecule has 1 aliphatic rings. The van der Waals surface area contributed by atoms with E-state index in [1.807, 2.05) is 17.4 Å². The molecule has 4 rings (SSSR count). The van der Waals surface area contributed by atoms with Gasteiger partial charge < -0.3 is 10.0 Å². The molecule has 1 aromatic carbocycles. The number of likely N-dealkylation sites (tertiary alicyclic amines) is 1. The molecule has 3 heterocycles. The Balaban J connectivity index is 1.28. The van der Waals surface area contributed by atoms with Crippen LogP contribution in [0.25, 0.3) is 10.2 Å². The van der Waals surface area contributed by atoms with E-state index in [-0.39, 0.29) is 6.54 Å². The highest BCUT2D eigenvalue weighted by Gasteiger charge is 2.23. The molecule has 136 valence electrons. The van der Waals surface area contributed by atoms with Crippen molar-refractivity contribution < 1.29 is 9.90 Å². The summed E-state index contributed by atoms with van der Waals surface area (Å²) >= 11 is 1.82. The maximum atomic E-state index is 10.7. The van der Waals surface area contributed by atoms with Crippen LogP contribution in [0, 0.1) is 0 Å². The van der Waals surface area contributed by atoms with Crippen molar-refractivity contribution in [1.29, 1.82) is 0 Å². The van der Waals surface area contributed by atoms with E-state index in [0.717, 1.165) is 50.1 Å². The maximum Gasteiger partial charge on any atom is 0.325 e. The number of nitrogens with zero attached hydrogens (tertiary/aromatic N) is 5. The summed E-state index contributed by atoms with van der Waals surface area (Å²) in [7, 11) is 0. The fraction of sp³-hybridized carbons (Fsp3) is 0.444. The van der Waals surface area contributed by atoms with Gasteiger partial charge in [-0.2, -0.15) is 0 Å². The summed E-state index contributed by atoms with van der Waals surface area (Å²) in [5.41, 5.74) is 1.96. The second kappa shape index (κ2) is 7.51. The highest BCUT2D eigenvalue weighted by atomic mass is 32.1. The van der Waals surface area contributed by atoms with Crippen LogP contribution in [0.1, 0.15) is 29.5 Å². The zero-order chi connectivity index (χ0) is 17.9. The van der Waals surface area contributed by atoms with E-state index in [2.05, 4.69) is 33.4 Å². The topological polar surface area (TPSA) is 84.1 Å². The van der Waals surface area contributed by atoms with E-state index in [9.17, 15) is 4.79 Å². The molecular weight excluding hydrogens is 350 g/mol. The molecular formula is C18H21N5O2S. The molecule has 1 aliphatic heterocycles. The zero-order valence-electron chi connectivity index (χ0n) is 14.4. The monoisotopic (exact) mass is 371 g/mol. The van der Waals surface area contributed by atoms with Crippen LogP contribution in [0.15, 0.2) is 30.5 Å². The number of carbonyl (C=O) groups is 1. The van der Waals surface area contributed by atoms with Crippen molar-refractivity contribution in [2.45, 2.75) is 31.7 Å². The Kier molecular flexibility index (Phi) is 4.94. The molecule has 0 unspecified atom stereocenters. The van der Waals surface area contributed by atoms with Crippen LogP contribution in [0.5, 0.6) is 0 Å². The fourth-order valence-corrected chi connectivity index (χ4v) is 4.55. The number of para-hydroxylation sites is 1. The summed E-state index contributed by atoms with van der Waals surface area (Å²) in [6.07, 6.45) is 4.78. The minimum atomic E-state index is -0.904. The third kappa shape index (κ3) is 3.91. The standard InChI is InChI=1S/C18H21N5O2S/c24-17(25)12-23-11-14(20-21-23)7-10-22-8-5-13(6-9-22)18-19-15-3-1-2-4-16(15)26-18/h1-4,11,13H,5-10,12H2,(H,24,25). The first-order valence-electron chi connectivity index (χ1n) is 8.86. The second-order valence-corrected chi connectivity index (χ2v) is 7.75. The predicted molar refractivity (Wildman–Crippen MR) is 99.4 cm³/mol. The Bertz CT molecular complexity index is 865. The van der Waals surface area contributed by atoms with Crippen LogP contribution in [0.2, 0.25) is 0 Å². The highest BCUT2D eigenvalue weighted by molar-refractivity contribution is 7.18. The molecule has 3 aromatic rings. The highest BCUT2D eigenvalue weighted by Crippen LogP contribution is 2.33. The van der Waals surface area contributed by atoms with Crippen molar-refractivity contribution in [1.82, 2.24) is 24.9 Å². The summed E-state index contributed by atoms with van der Waals surface area (Å²) in [6.45, 7) is 2.91. The zero-order valence-corrected chi connectivity index (χ0v) is 15.2. The van der Waals surface area contributed by atoms with Crippen LogP contribution in [-0.4, -0.2) is 55.6 Å². The summed E-state index contributed by atoms with van der Waals surface area (Å²) in [6, 6.07) is 8.34. The Hall–Kier alpha value is -2.32. The maximum absolute atomic E-state index is 10.7. The summed E-state index contributed by atoms with van der Waals surface area (Å²) in [4.78, 5) is 17.9. The van der Waals surface area contributed by atoms with Gasteiger partial charge in [-0.3, -0.25) is 4.79 Å². The molecule has 0 aliphatic carbocycles. The van der Waals surface area contributed by atoms with Gasteiger partial charge in [0, 0.05) is 25.1 Å². The number of fused-ring (bicyclic) bond motifs is 1. The lowest BCUT2D eigenvalue weighted by Crippen LogP contribution is -2.34. The number of benzene rings is 1. The van der Waals surface area contributed by atoms with Gasteiger partial charge in [0.05, 0.1) is 20.9 Å². The minimum Gasteiger partial charge on any atom is -0.480 e. The van der Waals surface area contributed by atoms with Gasteiger partial charge in [0.25, 0.3) is 0 Å². The van der Waals surface area contributed by atoms with E-state index < -0.39 is 5.97 Å². The number of rotatable bonds is 6. The van der Waals surface area contributed by atoms with Crippen molar-refractivity contribution in [3.63, 3.8) is 0 Å². The minimum absolute atomic E-state index is 0.138. The third-order valence-corrected chi connectivity index (χ3v) is 6.01. The number of carboxylic acids is 1. The molecule has 0 atom stereocenters. The molecule has 1 fully saturated rings. The molecule has 2 aromatic heterocycles. The smallest absolute Gasteiger partial charge is 0.325 e. The van der Waals surface area contributed by atoms with Gasteiger partial charge in [0.2, 0.25) is 0 Å². The molecule has 1 saturated heterocycles. The van der Waals surface area contributed by atoms with E-state index in [0.29, 0.717) is 5.92 Å². The summed E-state index contributed by atoms with van der Waals surface area (Å²) in [5, 5.41) is 17.9. The van der Waals surface area contributed by atoms with Gasteiger partial charge in [-0.05, 0) is 38.1 Å². The van der Waals surface area contributed by atoms with Gasteiger partial charge in [0.1, 0.15) is 6.54 Å². The molecule has 0 amide bonds. The van der Waals surface area contributed by atoms with E-state index in [4.69, 9.17) is 10.1 Å². The van der Waals surface area contributed by atoms with Gasteiger partial charge in [-0.1, -0.05) is 17.3 Å². The molecule has 0 saturated carbocycles. The van der Waals surface area contributed by atoms with Crippen molar-refractivity contribution in [3.8, 4) is 0 Å². The van der Waals surface area contributed by atoms with Crippen LogP contribution in [0.3, 0.4) is 0 Å². The quantitative estimate of drug-likeness (QED) is 0.716. The van der Waals surface area contributed by atoms with Crippen LogP contribution in [0.4, 0.5) is 0 Å². The van der Waals surface area contributed by atoms with Crippen LogP contribution in [-0.2, 0) is 17.8 Å². The third-order valence-electron chi connectivity index (χ3n) is 4.81. The van der Waals surface area contributed by atoms with Gasteiger partial charge in [-0.25, -0.2) is 9.67 Å². The van der Waals surface area contributed by atoms with Gasteiger partial charge >= 0.3 is 5.97 Å². The Morgan fingerprint density at radius 1 is 1.27 bits per heavy atom. The Labute approximate surface area is 155 Å². The van der Waals surface area contributed by atoms with Crippen molar-refractivity contribution in [3.05, 3.63) is 41.2 Å². The molecule has 7 nitrogen and oxygen atoms in total. The number of thiazole rings is 1. The van der Waals surface area contributed by atoms with Crippen LogP contribution < -0.4 is 0 Å². The first-order chi connectivity index (χ1) is 12.7. The average molecular weight is 371 g/mol. The molecule has 0 spiro atoms. The number of hydrogen-bond acceptors (Lipinski definition) is 6. The molecule has 1 N–H and O–H groups in total. The number of piperidine rings is 1. The van der Waals surface area contributed by atoms with Gasteiger partial charge in [0.15, 0.2) is 0 Å². The normalized spacial score (nSPS) is 16.3. The number of hydrogen-bond donors (Lipinski definition) is 1. The van der Waals surface area contributed by atoms with E-state index in [1.165, 1.54) is 14.4 Å². The largest absolute Gasteiger partial charge is 0.480 e. The summed E-state index contributed by atoms with van der Waals surface area (Å²) in [5.74, 6) is -0.349. The van der Waals surface area contributed by atoms with E-state index in [1.54, 1.807) is 6.20 Å². The number of aliphatic carboxylic acids is 1. The first kappa shape index (κ1) is 17.1. The molecule has 8 heteroatoms. The average Bonchev–Trinajstić information content (AvgIpc) is 3.26. The van der Waals surface area contributed by atoms with Crippen molar-refractivity contribution in [2.24, 2.45) is 0 Å². The lowest BCUT2D eigenvalue weighted by molar-refractivity contribution is -0.137. The van der Waals surface area contributed by atoms with E-state index >= 15 is 0 Å². The fourth-order valence-electron chi connectivity index (χ4n) is 3.41. The van der Waals surface area contributed by atoms with Crippen molar-refractivity contribution in [2.75, 3.05) is 19.6 Å². The number of aromatic nitrogens is 4. The molecule has 0 bridgehead atoms. The Morgan fingerprint density at radius 3 is 2.85 bits per heavy atom. The van der Waals surface area contributed by atoms with Crippen molar-refractivity contribution >= 4 is 27.5 Å². The molecule has 0 radical (unpaired) electrons. The second-order valence-electron chi connectivity index (χ2n) is 6.69.